The quantitative estimate of drug-likeness (QED) is 0.188. The van der Waals surface area contributed by atoms with Gasteiger partial charge < -0.3 is 21.7 Å². The lowest BCUT2D eigenvalue weighted by Crippen LogP contribution is -2.39. The highest BCUT2D eigenvalue weighted by Crippen LogP contribution is 2.21. The number of hydrogen-bond donors (Lipinski definition) is 7. The van der Waals surface area contributed by atoms with Gasteiger partial charge in [-0.05, 0) is 55.7 Å². The average molecular weight is 485 g/mol. The molecule has 3 aromatic carbocycles. The molecule has 8 nitrogen and oxygen atoms in total. The van der Waals surface area contributed by atoms with Crippen LogP contribution in [0.3, 0.4) is 0 Å². The fourth-order valence-electron chi connectivity index (χ4n) is 3.82. The van der Waals surface area contributed by atoms with Crippen LogP contribution in [0.4, 0.5) is 17.1 Å². The average Bonchev–Trinajstić information content (AvgIpc) is 2.87. The van der Waals surface area contributed by atoms with Crippen LogP contribution < -0.4 is 27.0 Å². The molecule has 0 aliphatic heterocycles. The Labute approximate surface area is 213 Å². The SMILES string of the molecule is Cc1ccccc1NC(=N)NC(=N)N.c1ccc(NC(=NC2CCCCC2)Nc2ccccc2)cc1. The summed E-state index contributed by atoms with van der Waals surface area (Å²) in [6.07, 6.45) is 6.31. The molecule has 0 amide bonds. The number of nitrogens with two attached hydrogens (primary N) is 1. The number of hydrogen-bond acceptors (Lipinski definition) is 3. The molecule has 0 unspecified atom stereocenters. The van der Waals surface area contributed by atoms with Crippen molar-refractivity contribution in [2.24, 2.45) is 10.7 Å². The number of rotatable bonds is 4. The van der Waals surface area contributed by atoms with E-state index in [9.17, 15) is 0 Å². The summed E-state index contributed by atoms with van der Waals surface area (Å²) in [5.41, 5.74) is 9.04. The minimum Gasteiger partial charge on any atom is -0.370 e. The molecular formula is C28H36N8. The first-order chi connectivity index (χ1) is 17.5. The van der Waals surface area contributed by atoms with Crippen LogP contribution in [-0.2, 0) is 0 Å². The van der Waals surface area contributed by atoms with E-state index in [4.69, 9.17) is 21.5 Å². The number of anilines is 3. The minimum atomic E-state index is -0.254. The molecule has 1 aliphatic rings. The van der Waals surface area contributed by atoms with Crippen molar-refractivity contribution >= 4 is 34.9 Å². The van der Waals surface area contributed by atoms with Crippen LogP contribution >= 0.6 is 0 Å². The van der Waals surface area contributed by atoms with Gasteiger partial charge in [0.2, 0.25) is 5.96 Å². The van der Waals surface area contributed by atoms with Gasteiger partial charge in [-0.15, -0.1) is 0 Å². The van der Waals surface area contributed by atoms with Crippen molar-refractivity contribution in [1.82, 2.24) is 5.32 Å². The Morgan fingerprint density at radius 1 is 0.750 bits per heavy atom. The molecule has 188 valence electrons. The fraction of sp³-hybridized carbons (Fsp3) is 0.250. The van der Waals surface area contributed by atoms with Gasteiger partial charge in [-0.2, -0.15) is 0 Å². The summed E-state index contributed by atoms with van der Waals surface area (Å²) in [6, 6.07) is 28.4. The van der Waals surface area contributed by atoms with E-state index in [2.05, 4.69) is 45.5 Å². The minimum absolute atomic E-state index is 0.00759. The summed E-state index contributed by atoms with van der Waals surface area (Å²) in [7, 11) is 0. The van der Waals surface area contributed by atoms with Crippen LogP contribution in [0.25, 0.3) is 0 Å². The van der Waals surface area contributed by atoms with E-state index in [1.165, 1.54) is 32.1 Å². The van der Waals surface area contributed by atoms with Crippen LogP contribution in [0.1, 0.15) is 37.7 Å². The lowest BCUT2D eigenvalue weighted by molar-refractivity contribution is 0.443. The zero-order valence-electron chi connectivity index (χ0n) is 20.7. The maximum Gasteiger partial charge on any atom is 0.200 e. The molecule has 0 radical (unpaired) electrons. The lowest BCUT2D eigenvalue weighted by Gasteiger charge is -2.20. The topological polar surface area (TPSA) is 134 Å². The molecule has 8 heteroatoms. The number of nitrogens with one attached hydrogen (secondary N) is 6. The molecule has 0 spiro atoms. The highest BCUT2D eigenvalue weighted by Gasteiger charge is 2.13. The Morgan fingerprint density at radius 2 is 1.28 bits per heavy atom. The first-order valence-corrected chi connectivity index (χ1v) is 12.2. The molecule has 1 aliphatic carbocycles. The second-order valence-electron chi connectivity index (χ2n) is 8.61. The summed E-state index contributed by atoms with van der Waals surface area (Å²) in [5, 5.41) is 26.3. The van der Waals surface area contributed by atoms with Gasteiger partial charge in [-0.3, -0.25) is 16.1 Å². The first kappa shape index (κ1) is 26.3. The first-order valence-electron chi connectivity index (χ1n) is 12.2. The predicted octanol–water partition coefficient (Wildman–Crippen LogP) is 5.72. The molecule has 8 N–H and O–H groups in total. The van der Waals surface area contributed by atoms with E-state index >= 15 is 0 Å². The van der Waals surface area contributed by atoms with Crippen molar-refractivity contribution in [2.45, 2.75) is 45.1 Å². The van der Waals surface area contributed by atoms with E-state index in [1.54, 1.807) is 0 Å². The number of para-hydroxylation sites is 3. The Kier molecular flexibility index (Phi) is 10.3. The van der Waals surface area contributed by atoms with E-state index in [-0.39, 0.29) is 11.9 Å². The normalized spacial score (nSPS) is 12.8. The number of benzene rings is 3. The van der Waals surface area contributed by atoms with E-state index < -0.39 is 0 Å². The number of nitrogens with zero attached hydrogens (tertiary/aromatic N) is 1. The van der Waals surface area contributed by atoms with Gasteiger partial charge in [-0.1, -0.05) is 73.9 Å². The molecule has 0 heterocycles. The largest absolute Gasteiger partial charge is 0.370 e. The number of guanidine groups is 3. The molecule has 36 heavy (non-hydrogen) atoms. The zero-order valence-corrected chi connectivity index (χ0v) is 20.7. The van der Waals surface area contributed by atoms with Crippen LogP contribution in [0.15, 0.2) is 89.9 Å². The van der Waals surface area contributed by atoms with E-state index in [1.807, 2.05) is 67.6 Å². The van der Waals surface area contributed by atoms with Gasteiger partial charge in [0.25, 0.3) is 0 Å². The van der Waals surface area contributed by atoms with E-state index in [0.717, 1.165) is 28.6 Å². The second-order valence-corrected chi connectivity index (χ2v) is 8.61. The zero-order chi connectivity index (χ0) is 25.6. The standard InChI is InChI=1S/C19H23N3.C9H13N5/c1-4-10-16(11-5-1)20-19(21-17-12-6-2-7-13-17)22-18-14-8-3-9-15-18;1-6-4-2-3-5-7(6)13-9(12)14-8(10)11/h1-2,4-7,10-13,18H,3,8-9,14-15H2,(H2,20,21,22);2-5H,1H3,(H6,10,11,12,13,14). The van der Waals surface area contributed by atoms with Crippen molar-refractivity contribution in [3.63, 3.8) is 0 Å². The summed E-state index contributed by atoms with van der Waals surface area (Å²) < 4.78 is 0. The molecular weight excluding hydrogens is 448 g/mol. The van der Waals surface area contributed by atoms with Crippen LogP contribution in [-0.4, -0.2) is 23.9 Å². The summed E-state index contributed by atoms with van der Waals surface area (Å²) in [4.78, 5) is 4.92. The van der Waals surface area contributed by atoms with Crippen molar-refractivity contribution in [2.75, 3.05) is 16.0 Å². The molecule has 4 rings (SSSR count). The Bertz CT molecular complexity index is 1080. The molecule has 1 saturated carbocycles. The maximum absolute atomic E-state index is 7.41. The van der Waals surface area contributed by atoms with Crippen molar-refractivity contribution < 1.29 is 0 Å². The summed E-state index contributed by atoms with van der Waals surface area (Å²) in [6.45, 7) is 1.93. The highest BCUT2D eigenvalue weighted by molar-refractivity contribution is 6.04. The second kappa shape index (κ2) is 14.2. The third kappa shape index (κ3) is 9.50. The van der Waals surface area contributed by atoms with Gasteiger partial charge in [-0.25, -0.2) is 4.99 Å². The summed E-state index contributed by atoms with van der Waals surface area (Å²) in [5.74, 6) is 0.576. The third-order valence-electron chi connectivity index (χ3n) is 5.62. The Hall–Kier alpha value is -4.33. The Balaban J connectivity index is 0.000000223. The smallest absolute Gasteiger partial charge is 0.200 e. The summed E-state index contributed by atoms with van der Waals surface area (Å²) >= 11 is 0. The predicted molar refractivity (Wildman–Crippen MR) is 152 cm³/mol. The van der Waals surface area contributed by atoms with Gasteiger partial charge in [0.15, 0.2) is 11.9 Å². The van der Waals surface area contributed by atoms with E-state index in [0.29, 0.717) is 6.04 Å². The number of aryl methyl sites for hydroxylation is 1. The lowest BCUT2D eigenvalue weighted by atomic mass is 9.96. The monoisotopic (exact) mass is 484 g/mol. The van der Waals surface area contributed by atoms with Crippen molar-refractivity contribution in [3.8, 4) is 0 Å². The Morgan fingerprint density at radius 3 is 1.81 bits per heavy atom. The van der Waals surface area contributed by atoms with Gasteiger partial charge in [0.1, 0.15) is 0 Å². The third-order valence-corrected chi connectivity index (χ3v) is 5.62. The molecule has 1 fully saturated rings. The molecule has 0 saturated heterocycles. The molecule has 0 bridgehead atoms. The van der Waals surface area contributed by atoms with Crippen LogP contribution in [0.2, 0.25) is 0 Å². The number of aliphatic imine (C=N–C) groups is 1. The van der Waals surface area contributed by atoms with Crippen molar-refractivity contribution in [3.05, 3.63) is 90.5 Å². The van der Waals surface area contributed by atoms with Gasteiger partial charge in [0.05, 0.1) is 6.04 Å². The molecule has 0 atom stereocenters. The fourth-order valence-corrected chi connectivity index (χ4v) is 3.82. The maximum atomic E-state index is 7.41. The van der Waals surface area contributed by atoms with Crippen molar-refractivity contribution in [1.29, 1.82) is 10.8 Å². The molecule has 0 aromatic heterocycles. The van der Waals surface area contributed by atoms with Crippen LogP contribution in [0.5, 0.6) is 0 Å². The molecule has 3 aromatic rings. The highest BCUT2D eigenvalue weighted by atomic mass is 15.2. The van der Waals surface area contributed by atoms with Gasteiger partial charge in [0, 0.05) is 17.1 Å². The van der Waals surface area contributed by atoms with Crippen LogP contribution in [0, 0.1) is 17.7 Å². The van der Waals surface area contributed by atoms with Gasteiger partial charge >= 0.3 is 0 Å².